The summed E-state index contributed by atoms with van der Waals surface area (Å²) in [5.41, 5.74) is 1.97. The average molecular weight is 429 g/mol. The highest BCUT2D eigenvalue weighted by molar-refractivity contribution is 5.78. The molecule has 1 aliphatic rings. The van der Waals surface area contributed by atoms with Gasteiger partial charge in [0.1, 0.15) is 11.6 Å². The van der Waals surface area contributed by atoms with Gasteiger partial charge in [-0.2, -0.15) is 0 Å². The van der Waals surface area contributed by atoms with E-state index in [4.69, 9.17) is 9.84 Å². The molecule has 7 heteroatoms. The van der Waals surface area contributed by atoms with Gasteiger partial charge < -0.3 is 14.7 Å². The standard InChI is InChI=1S/C24H29FN2O4/c1-17-14-27(18(2)13-26(17)15-20-3-8-21(25)9-4-20)23(28)16-31-22-10-5-19(6-11-22)7-12-24(29)30/h3-6,8-11,17-18H,7,12-16H2,1-2H3,(H,29,30)/t17-,18+/m0/s1. The van der Waals surface area contributed by atoms with E-state index in [1.54, 1.807) is 24.3 Å². The number of halogens is 1. The molecule has 0 aromatic heterocycles. The van der Waals surface area contributed by atoms with Gasteiger partial charge in [-0.25, -0.2) is 4.39 Å². The Kier molecular flexibility index (Phi) is 7.63. The Balaban J connectivity index is 1.49. The summed E-state index contributed by atoms with van der Waals surface area (Å²) in [7, 11) is 0. The van der Waals surface area contributed by atoms with E-state index in [1.165, 1.54) is 12.1 Å². The lowest BCUT2D eigenvalue weighted by Crippen LogP contribution is -2.58. The Hall–Kier alpha value is -2.93. The number of amides is 1. The van der Waals surface area contributed by atoms with Crippen LogP contribution in [-0.2, 0) is 22.6 Å². The molecule has 1 aliphatic heterocycles. The van der Waals surface area contributed by atoms with Crippen LogP contribution in [0.3, 0.4) is 0 Å². The zero-order valence-corrected chi connectivity index (χ0v) is 18.0. The quantitative estimate of drug-likeness (QED) is 0.698. The van der Waals surface area contributed by atoms with E-state index < -0.39 is 5.97 Å². The van der Waals surface area contributed by atoms with Crippen molar-refractivity contribution in [1.82, 2.24) is 9.80 Å². The zero-order chi connectivity index (χ0) is 22.4. The summed E-state index contributed by atoms with van der Waals surface area (Å²) in [5, 5.41) is 8.76. The van der Waals surface area contributed by atoms with Crippen LogP contribution in [0.4, 0.5) is 4.39 Å². The lowest BCUT2D eigenvalue weighted by Gasteiger charge is -2.44. The summed E-state index contributed by atoms with van der Waals surface area (Å²) >= 11 is 0. The molecule has 0 spiro atoms. The van der Waals surface area contributed by atoms with Gasteiger partial charge in [0.25, 0.3) is 5.91 Å². The van der Waals surface area contributed by atoms with Crippen molar-refractivity contribution in [3.63, 3.8) is 0 Å². The number of carboxylic acid groups (broad SMARTS) is 1. The van der Waals surface area contributed by atoms with Crippen LogP contribution in [0.15, 0.2) is 48.5 Å². The molecule has 6 nitrogen and oxygen atoms in total. The number of ether oxygens (including phenoxy) is 1. The number of benzene rings is 2. The molecule has 31 heavy (non-hydrogen) atoms. The molecule has 166 valence electrons. The summed E-state index contributed by atoms with van der Waals surface area (Å²) in [6.07, 6.45) is 0.550. The highest BCUT2D eigenvalue weighted by Crippen LogP contribution is 2.19. The molecule has 3 rings (SSSR count). The maximum absolute atomic E-state index is 13.1. The molecule has 0 aliphatic carbocycles. The topological polar surface area (TPSA) is 70.1 Å². The van der Waals surface area contributed by atoms with Crippen LogP contribution in [0, 0.1) is 5.82 Å². The number of nitrogens with zero attached hydrogens (tertiary/aromatic N) is 2. The van der Waals surface area contributed by atoms with Gasteiger partial charge >= 0.3 is 5.97 Å². The second-order valence-electron chi connectivity index (χ2n) is 8.13. The minimum atomic E-state index is -0.827. The highest BCUT2D eigenvalue weighted by atomic mass is 19.1. The second-order valence-corrected chi connectivity index (χ2v) is 8.13. The number of carbonyl (C=O) groups is 2. The van der Waals surface area contributed by atoms with Gasteiger partial charge in [0.15, 0.2) is 6.61 Å². The van der Waals surface area contributed by atoms with E-state index in [0.717, 1.165) is 24.2 Å². The Morgan fingerprint density at radius 1 is 1.00 bits per heavy atom. The van der Waals surface area contributed by atoms with Gasteiger partial charge in [-0.15, -0.1) is 0 Å². The fourth-order valence-electron chi connectivity index (χ4n) is 3.82. The monoisotopic (exact) mass is 428 g/mol. The third-order valence-corrected chi connectivity index (χ3v) is 5.65. The van der Waals surface area contributed by atoms with Crippen LogP contribution in [0.5, 0.6) is 5.75 Å². The van der Waals surface area contributed by atoms with Crippen LogP contribution < -0.4 is 4.74 Å². The van der Waals surface area contributed by atoms with E-state index in [1.807, 2.05) is 24.0 Å². The van der Waals surface area contributed by atoms with Gasteiger partial charge in [-0.3, -0.25) is 14.5 Å². The van der Waals surface area contributed by atoms with Crippen molar-refractivity contribution in [3.05, 3.63) is 65.5 Å². The molecule has 1 fully saturated rings. The van der Waals surface area contributed by atoms with Gasteiger partial charge in [0.05, 0.1) is 0 Å². The minimum absolute atomic E-state index is 0.0382. The first kappa shape index (κ1) is 22.7. The fourth-order valence-corrected chi connectivity index (χ4v) is 3.82. The summed E-state index contributed by atoms with van der Waals surface area (Å²) in [4.78, 5) is 27.6. The number of rotatable bonds is 8. The number of aliphatic carboxylic acids is 1. The van der Waals surface area contributed by atoms with Crippen molar-refractivity contribution in [2.45, 2.75) is 45.3 Å². The molecule has 1 N–H and O–H groups in total. The largest absolute Gasteiger partial charge is 0.484 e. The van der Waals surface area contributed by atoms with Crippen molar-refractivity contribution in [3.8, 4) is 5.75 Å². The van der Waals surface area contributed by atoms with Crippen molar-refractivity contribution in [2.75, 3.05) is 19.7 Å². The van der Waals surface area contributed by atoms with E-state index in [-0.39, 0.29) is 36.8 Å². The number of hydrogen-bond acceptors (Lipinski definition) is 4. The number of carboxylic acids is 1. The third kappa shape index (κ3) is 6.52. The fraction of sp³-hybridized carbons (Fsp3) is 0.417. The first-order valence-corrected chi connectivity index (χ1v) is 10.5. The average Bonchev–Trinajstić information content (AvgIpc) is 2.75. The maximum atomic E-state index is 13.1. The zero-order valence-electron chi connectivity index (χ0n) is 18.0. The van der Waals surface area contributed by atoms with Crippen LogP contribution in [0.2, 0.25) is 0 Å². The van der Waals surface area contributed by atoms with Crippen molar-refractivity contribution >= 4 is 11.9 Å². The van der Waals surface area contributed by atoms with Crippen LogP contribution in [0.25, 0.3) is 0 Å². The number of aryl methyl sites for hydroxylation is 1. The van der Waals surface area contributed by atoms with Crippen LogP contribution >= 0.6 is 0 Å². The van der Waals surface area contributed by atoms with Crippen LogP contribution in [0.1, 0.15) is 31.4 Å². The molecule has 1 heterocycles. The second kappa shape index (κ2) is 10.4. The van der Waals surface area contributed by atoms with Crippen molar-refractivity contribution < 1.29 is 23.8 Å². The minimum Gasteiger partial charge on any atom is -0.484 e. The predicted molar refractivity (Wildman–Crippen MR) is 115 cm³/mol. The molecular weight excluding hydrogens is 399 g/mol. The Morgan fingerprint density at radius 3 is 2.29 bits per heavy atom. The predicted octanol–water partition coefficient (Wildman–Crippen LogP) is 3.34. The Labute approximate surface area is 182 Å². The molecule has 1 saturated heterocycles. The summed E-state index contributed by atoms with van der Waals surface area (Å²) in [5.74, 6) is -0.540. The molecule has 2 aromatic carbocycles. The van der Waals surface area contributed by atoms with E-state index >= 15 is 0 Å². The first-order valence-electron chi connectivity index (χ1n) is 10.5. The van der Waals surface area contributed by atoms with E-state index in [2.05, 4.69) is 11.8 Å². The van der Waals surface area contributed by atoms with Gasteiger partial charge in [-0.1, -0.05) is 24.3 Å². The summed E-state index contributed by atoms with van der Waals surface area (Å²) in [6, 6.07) is 13.9. The summed E-state index contributed by atoms with van der Waals surface area (Å²) < 4.78 is 18.8. The molecule has 0 bridgehead atoms. The molecule has 2 aromatic rings. The van der Waals surface area contributed by atoms with Gasteiger partial charge in [-0.05, 0) is 55.7 Å². The number of carbonyl (C=O) groups excluding carboxylic acids is 1. The van der Waals surface area contributed by atoms with E-state index in [0.29, 0.717) is 18.7 Å². The summed E-state index contributed by atoms with van der Waals surface area (Å²) in [6.45, 7) is 6.15. The van der Waals surface area contributed by atoms with Crippen molar-refractivity contribution in [1.29, 1.82) is 0 Å². The van der Waals surface area contributed by atoms with Gasteiger partial charge in [0, 0.05) is 38.1 Å². The first-order chi connectivity index (χ1) is 14.8. The third-order valence-electron chi connectivity index (χ3n) is 5.65. The maximum Gasteiger partial charge on any atom is 0.303 e. The smallest absolute Gasteiger partial charge is 0.303 e. The highest BCUT2D eigenvalue weighted by Gasteiger charge is 2.32. The number of hydrogen-bond donors (Lipinski definition) is 1. The normalized spacial score (nSPS) is 19.3. The molecule has 0 unspecified atom stereocenters. The Bertz CT molecular complexity index is 885. The lowest BCUT2D eigenvalue weighted by molar-refractivity contribution is -0.139. The SMILES string of the molecule is C[C@@H]1CN(Cc2ccc(F)cc2)[C@@H](C)CN1C(=O)COc1ccc(CCC(=O)O)cc1. The molecule has 0 saturated carbocycles. The van der Waals surface area contributed by atoms with E-state index in [9.17, 15) is 14.0 Å². The Morgan fingerprint density at radius 2 is 1.65 bits per heavy atom. The number of piperazine rings is 1. The molecule has 1 amide bonds. The van der Waals surface area contributed by atoms with Crippen LogP contribution in [-0.4, -0.2) is 58.6 Å². The van der Waals surface area contributed by atoms with Gasteiger partial charge in [0.2, 0.25) is 0 Å². The molecule has 2 atom stereocenters. The van der Waals surface area contributed by atoms with Crippen molar-refractivity contribution in [2.24, 2.45) is 0 Å². The molecule has 0 radical (unpaired) electrons. The lowest BCUT2D eigenvalue weighted by atomic mass is 10.1. The molecular formula is C24H29FN2O4.